The molecule has 1 N–H and O–H groups in total. The van der Waals surface area contributed by atoms with Gasteiger partial charge in [-0.3, -0.25) is 4.79 Å². The van der Waals surface area contributed by atoms with Gasteiger partial charge < -0.3 is 10.2 Å². The Kier molecular flexibility index (Phi) is 8.92. The average molecular weight is 282 g/mol. The van der Waals surface area contributed by atoms with Crippen LogP contribution in [0, 0.1) is 5.92 Å². The molecule has 2 unspecified atom stereocenters. The predicted molar refractivity (Wildman–Crippen MR) is 85.8 cm³/mol. The number of carbonyl (C=O) groups is 1. The second kappa shape index (κ2) is 10.2. The van der Waals surface area contributed by atoms with Crippen molar-refractivity contribution in [3.8, 4) is 0 Å². The highest BCUT2D eigenvalue weighted by Crippen LogP contribution is 2.18. The lowest BCUT2D eigenvalue weighted by Crippen LogP contribution is -2.49. The van der Waals surface area contributed by atoms with Crippen LogP contribution < -0.4 is 5.32 Å². The lowest BCUT2D eigenvalue weighted by atomic mass is 9.93. The summed E-state index contributed by atoms with van der Waals surface area (Å²) in [7, 11) is 2.02. The summed E-state index contributed by atoms with van der Waals surface area (Å²) in [4.78, 5) is 14.3. The van der Waals surface area contributed by atoms with Gasteiger partial charge in [0.15, 0.2) is 0 Å². The average Bonchev–Trinajstić information content (AvgIpc) is 2.46. The Balaban J connectivity index is 2.08. The molecular weight excluding hydrogens is 248 g/mol. The normalized spacial score (nSPS) is 23.1. The lowest BCUT2D eigenvalue weighted by Gasteiger charge is -2.36. The van der Waals surface area contributed by atoms with E-state index < -0.39 is 0 Å². The highest BCUT2D eigenvalue weighted by molar-refractivity contribution is 5.76. The fourth-order valence-electron chi connectivity index (χ4n) is 3.19. The van der Waals surface area contributed by atoms with Gasteiger partial charge in [0.1, 0.15) is 0 Å². The van der Waals surface area contributed by atoms with Crippen LogP contribution in [0.2, 0.25) is 0 Å². The Morgan fingerprint density at radius 1 is 1.15 bits per heavy atom. The highest BCUT2D eigenvalue weighted by Gasteiger charge is 2.26. The summed E-state index contributed by atoms with van der Waals surface area (Å²) in [6, 6.07) is 0.581. The van der Waals surface area contributed by atoms with E-state index in [0.717, 1.165) is 32.4 Å². The summed E-state index contributed by atoms with van der Waals surface area (Å²) in [5.41, 5.74) is 0. The lowest BCUT2D eigenvalue weighted by molar-refractivity contribution is -0.133. The first-order chi connectivity index (χ1) is 9.69. The van der Waals surface area contributed by atoms with Crippen LogP contribution in [-0.4, -0.2) is 37.0 Å². The number of unbranched alkanes of at least 4 members (excludes halogenated alkanes) is 6. The highest BCUT2D eigenvalue weighted by atomic mass is 16.2. The Hall–Kier alpha value is -0.570. The van der Waals surface area contributed by atoms with Crippen LogP contribution in [0.5, 0.6) is 0 Å². The van der Waals surface area contributed by atoms with Crippen LogP contribution in [-0.2, 0) is 4.79 Å². The molecule has 0 radical (unpaired) electrons. The molecule has 3 nitrogen and oxygen atoms in total. The van der Waals surface area contributed by atoms with Crippen molar-refractivity contribution < 1.29 is 4.79 Å². The molecule has 0 aromatic heterocycles. The van der Waals surface area contributed by atoms with Crippen molar-refractivity contribution >= 4 is 5.91 Å². The molecule has 2 atom stereocenters. The number of piperidine rings is 1. The number of likely N-dealkylation sites (tertiary alicyclic amines) is 1. The van der Waals surface area contributed by atoms with Gasteiger partial charge in [-0.1, -0.05) is 52.4 Å². The Labute approximate surface area is 125 Å². The molecule has 1 aliphatic heterocycles. The molecule has 0 saturated carbocycles. The predicted octanol–water partition coefficient (Wildman–Crippen LogP) is 3.58. The van der Waals surface area contributed by atoms with Gasteiger partial charge >= 0.3 is 0 Å². The van der Waals surface area contributed by atoms with Crippen LogP contribution in [0.15, 0.2) is 0 Å². The Bertz CT molecular complexity index is 268. The Morgan fingerprint density at radius 3 is 2.40 bits per heavy atom. The van der Waals surface area contributed by atoms with Crippen molar-refractivity contribution in [1.29, 1.82) is 0 Å². The quantitative estimate of drug-likeness (QED) is 0.656. The molecule has 3 heteroatoms. The fourth-order valence-corrected chi connectivity index (χ4v) is 3.19. The fraction of sp³-hybridized carbons (Fsp3) is 0.941. The van der Waals surface area contributed by atoms with Crippen molar-refractivity contribution in [3.05, 3.63) is 0 Å². The molecule has 1 heterocycles. The second-order valence-electron chi connectivity index (χ2n) is 6.37. The third kappa shape index (κ3) is 6.25. The van der Waals surface area contributed by atoms with Crippen LogP contribution in [0.3, 0.4) is 0 Å². The van der Waals surface area contributed by atoms with E-state index in [1.54, 1.807) is 0 Å². The first-order valence-electron chi connectivity index (χ1n) is 8.64. The van der Waals surface area contributed by atoms with E-state index >= 15 is 0 Å². The van der Waals surface area contributed by atoms with Gasteiger partial charge in [-0.15, -0.1) is 0 Å². The first kappa shape index (κ1) is 17.5. The van der Waals surface area contributed by atoms with Crippen LogP contribution in [0.1, 0.15) is 71.6 Å². The van der Waals surface area contributed by atoms with Crippen LogP contribution in [0.4, 0.5) is 0 Å². The smallest absolute Gasteiger partial charge is 0.222 e. The maximum absolute atomic E-state index is 12.2. The standard InChI is InChI=1S/C17H34N2O/c1-4-5-6-7-8-9-10-11-17(20)19-13-12-16(18-3)15(2)14-19/h15-16,18H,4-14H2,1-3H3. The number of amides is 1. The van der Waals surface area contributed by atoms with Crippen molar-refractivity contribution in [1.82, 2.24) is 10.2 Å². The molecule has 1 rings (SSSR count). The van der Waals surface area contributed by atoms with E-state index in [0.29, 0.717) is 17.9 Å². The van der Waals surface area contributed by atoms with Crippen molar-refractivity contribution in [2.24, 2.45) is 5.92 Å². The minimum atomic E-state index is 0.375. The first-order valence-corrected chi connectivity index (χ1v) is 8.64. The summed E-state index contributed by atoms with van der Waals surface area (Å²) >= 11 is 0. The van der Waals surface area contributed by atoms with Gasteiger partial charge in [0, 0.05) is 25.6 Å². The summed E-state index contributed by atoms with van der Waals surface area (Å²) < 4.78 is 0. The molecule has 0 aliphatic carbocycles. The number of hydrogen-bond donors (Lipinski definition) is 1. The topological polar surface area (TPSA) is 32.3 Å². The summed E-state index contributed by atoms with van der Waals surface area (Å²) in [5, 5.41) is 3.35. The zero-order valence-electron chi connectivity index (χ0n) is 13.8. The summed E-state index contributed by atoms with van der Waals surface area (Å²) in [6.45, 7) is 6.36. The summed E-state index contributed by atoms with van der Waals surface area (Å²) in [6.07, 6.45) is 10.8. The molecule has 1 fully saturated rings. The third-order valence-electron chi connectivity index (χ3n) is 4.62. The van der Waals surface area contributed by atoms with Crippen LogP contribution in [0.25, 0.3) is 0 Å². The molecule has 0 aromatic rings. The van der Waals surface area contributed by atoms with Gasteiger partial charge in [-0.2, -0.15) is 0 Å². The van der Waals surface area contributed by atoms with Crippen molar-refractivity contribution in [2.45, 2.75) is 77.7 Å². The van der Waals surface area contributed by atoms with Gasteiger partial charge in [0.25, 0.3) is 0 Å². The summed E-state index contributed by atoms with van der Waals surface area (Å²) in [5.74, 6) is 0.951. The number of nitrogens with zero attached hydrogens (tertiary/aromatic N) is 1. The van der Waals surface area contributed by atoms with E-state index in [1.807, 2.05) is 7.05 Å². The number of rotatable bonds is 9. The van der Waals surface area contributed by atoms with Crippen LogP contribution >= 0.6 is 0 Å². The zero-order chi connectivity index (χ0) is 14.8. The second-order valence-corrected chi connectivity index (χ2v) is 6.37. The molecule has 20 heavy (non-hydrogen) atoms. The zero-order valence-corrected chi connectivity index (χ0v) is 13.8. The molecular formula is C17H34N2O. The van der Waals surface area contributed by atoms with E-state index in [4.69, 9.17) is 0 Å². The molecule has 1 aliphatic rings. The van der Waals surface area contributed by atoms with Gasteiger partial charge in [-0.25, -0.2) is 0 Å². The van der Waals surface area contributed by atoms with Crippen molar-refractivity contribution in [3.63, 3.8) is 0 Å². The van der Waals surface area contributed by atoms with E-state index in [-0.39, 0.29) is 0 Å². The Morgan fingerprint density at radius 2 is 1.80 bits per heavy atom. The SMILES string of the molecule is CCCCCCCCCC(=O)N1CCC(NC)C(C)C1. The third-order valence-corrected chi connectivity index (χ3v) is 4.62. The maximum Gasteiger partial charge on any atom is 0.222 e. The van der Waals surface area contributed by atoms with E-state index in [1.165, 1.54) is 38.5 Å². The minimum absolute atomic E-state index is 0.375. The molecule has 1 saturated heterocycles. The number of carbonyl (C=O) groups excluding carboxylic acids is 1. The van der Waals surface area contributed by atoms with Gasteiger partial charge in [0.05, 0.1) is 0 Å². The molecule has 0 spiro atoms. The van der Waals surface area contributed by atoms with E-state index in [2.05, 4.69) is 24.1 Å². The molecule has 0 bridgehead atoms. The maximum atomic E-state index is 12.2. The van der Waals surface area contributed by atoms with Gasteiger partial charge in [-0.05, 0) is 25.8 Å². The molecule has 118 valence electrons. The minimum Gasteiger partial charge on any atom is -0.342 e. The monoisotopic (exact) mass is 282 g/mol. The largest absolute Gasteiger partial charge is 0.342 e. The van der Waals surface area contributed by atoms with E-state index in [9.17, 15) is 4.79 Å². The molecule has 0 aromatic carbocycles. The van der Waals surface area contributed by atoms with Crippen molar-refractivity contribution in [2.75, 3.05) is 20.1 Å². The number of nitrogens with one attached hydrogen (secondary N) is 1. The number of hydrogen-bond acceptors (Lipinski definition) is 2. The van der Waals surface area contributed by atoms with Gasteiger partial charge in [0.2, 0.25) is 5.91 Å². The molecule has 1 amide bonds.